The first-order chi connectivity index (χ1) is 18.0. The fraction of sp³-hybridized carbons (Fsp3) is 0.320. The highest BCUT2D eigenvalue weighted by Crippen LogP contribution is 2.30. The average Bonchev–Trinajstić information content (AvgIpc) is 3.39. The third-order valence-corrected chi connectivity index (χ3v) is 5.94. The van der Waals surface area contributed by atoms with Gasteiger partial charge in [-0.25, -0.2) is 4.39 Å². The van der Waals surface area contributed by atoms with Crippen LogP contribution >= 0.6 is 0 Å². The van der Waals surface area contributed by atoms with Crippen molar-refractivity contribution in [2.24, 2.45) is 5.11 Å². The molecule has 192 valence electrons. The predicted octanol–water partition coefficient (Wildman–Crippen LogP) is 3.18. The van der Waals surface area contributed by atoms with Gasteiger partial charge in [-0.1, -0.05) is 23.3 Å². The number of nitrogens with one attached hydrogen (secondary N) is 1. The van der Waals surface area contributed by atoms with Crippen molar-refractivity contribution in [3.05, 3.63) is 76.0 Å². The van der Waals surface area contributed by atoms with Crippen LogP contribution in [0.1, 0.15) is 20.7 Å². The van der Waals surface area contributed by atoms with Gasteiger partial charge in [-0.05, 0) is 29.8 Å². The molecule has 3 aromatic rings. The number of azide groups is 1. The number of amides is 2. The van der Waals surface area contributed by atoms with Gasteiger partial charge in [0.1, 0.15) is 18.2 Å². The lowest BCUT2D eigenvalue weighted by molar-refractivity contribution is -0.127. The van der Waals surface area contributed by atoms with Crippen molar-refractivity contribution in [1.82, 2.24) is 14.8 Å². The molecular formula is C25H25FN6O5. The smallest absolute Gasteiger partial charge is 0.295 e. The molecule has 1 N–H and O–H groups in total. The molecule has 2 amide bonds. The molecule has 1 aromatic heterocycles. The average molecular weight is 509 g/mol. The van der Waals surface area contributed by atoms with E-state index in [-0.39, 0.29) is 74.9 Å². The Morgan fingerprint density at radius 1 is 1.00 bits per heavy atom. The van der Waals surface area contributed by atoms with Crippen molar-refractivity contribution in [2.75, 3.05) is 52.5 Å². The molecule has 0 unspecified atom stereocenters. The minimum absolute atomic E-state index is 0.0296. The zero-order valence-corrected chi connectivity index (χ0v) is 19.9. The molecule has 1 aliphatic rings. The van der Waals surface area contributed by atoms with Crippen LogP contribution in [0.5, 0.6) is 5.75 Å². The second kappa shape index (κ2) is 12.0. The molecule has 1 fully saturated rings. The molecule has 0 atom stereocenters. The lowest BCUT2D eigenvalue weighted by Gasteiger charge is -2.34. The molecule has 12 heteroatoms. The summed E-state index contributed by atoms with van der Waals surface area (Å²) in [7, 11) is 0. The van der Waals surface area contributed by atoms with Gasteiger partial charge in [-0.2, -0.15) is 0 Å². The van der Waals surface area contributed by atoms with Crippen LogP contribution in [-0.2, 0) is 9.53 Å². The van der Waals surface area contributed by atoms with Crippen molar-refractivity contribution in [1.29, 1.82) is 0 Å². The highest BCUT2D eigenvalue weighted by atomic mass is 19.1. The van der Waals surface area contributed by atoms with Crippen LogP contribution < -0.4 is 4.74 Å². The monoisotopic (exact) mass is 508 g/mol. The van der Waals surface area contributed by atoms with Crippen LogP contribution in [0.25, 0.3) is 21.3 Å². The lowest BCUT2D eigenvalue weighted by atomic mass is 10.1. The number of hydrogen-bond acceptors (Lipinski definition) is 6. The van der Waals surface area contributed by atoms with Crippen LogP contribution in [0.4, 0.5) is 4.39 Å². The van der Waals surface area contributed by atoms with Crippen LogP contribution in [0.15, 0.2) is 53.8 Å². The Kier molecular flexibility index (Phi) is 8.34. The summed E-state index contributed by atoms with van der Waals surface area (Å²) >= 11 is 0. The fourth-order valence-electron chi connectivity index (χ4n) is 4.08. The maximum absolute atomic E-state index is 14.7. The number of piperazine rings is 1. The number of aromatic amines is 1. The number of carbonyl (C=O) groups is 3. The molecule has 0 saturated carbocycles. The Morgan fingerprint density at radius 2 is 1.73 bits per heavy atom. The minimum atomic E-state index is -0.841. The van der Waals surface area contributed by atoms with Gasteiger partial charge < -0.3 is 24.3 Å². The topological polar surface area (TPSA) is 141 Å². The van der Waals surface area contributed by atoms with Crippen molar-refractivity contribution < 1.29 is 28.2 Å². The van der Waals surface area contributed by atoms with Gasteiger partial charge in [0.05, 0.1) is 29.7 Å². The maximum atomic E-state index is 14.7. The van der Waals surface area contributed by atoms with Crippen LogP contribution in [0.2, 0.25) is 0 Å². The number of ether oxygens (including phenoxy) is 2. The fourth-order valence-corrected chi connectivity index (χ4v) is 4.08. The first-order valence-corrected chi connectivity index (χ1v) is 11.7. The molecule has 1 saturated heterocycles. The Morgan fingerprint density at radius 3 is 2.46 bits per heavy atom. The molecule has 4 rings (SSSR count). The summed E-state index contributed by atoms with van der Waals surface area (Å²) in [5, 5.41) is 3.33. The molecule has 0 radical (unpaired) electrons. The van der Waals surface area contributed by atoms with Crippen LogP contribution in [-0.4, -0.2) is 84.9 Å². The summed E-state index contributed by atoms with van der Waals surface area (Å²) in [4.78, 5) is 47.1. The summed E-state index contributed by atoms with van der Waals surface area (Å²) in [6.07, 6.45) is 1.30. The summed E-state index contributed by atoms with van der Waals surface area (Å²) in [5.74, 6) is -2.09. The number of halogens is 1. The number of Topliss-reactive ketones (excluding diaryl/α,β-unsaturated/α-hetero) is 1. The Hall–Kier alpha value is -4.41. The number of aromatic nitrogens is 1. The van der Waals surface area contributed by atoms with E-state index >= 15 is 0 Å². The number of hydrogen-bond donors (Lipinski definition) is 1. The minimum Gasteiger partial charge on any atom is -0.489 e. The number of fused-ring (bicyclic) bond motifs is 1. The Labute approximate surface area is 211 Å². The van der Waals surface area contributed by atoms with E-state index < -0.39 is 17.5 Å². The van der Waals surface area contributed by atoms with Gasteiger partial charge >= 0.3 is 0 Å². The molecule has 2 aromatic carbocycles. The van der Waals surface area contributed by atoms with E-state index in [2.05, 4.69) is 15.0 Å². The van der Waals surface area contributed by atoms with Crippen LogP contribution in [0.3, 0.4) is 0 Å². The van der Waals surface area contributed by atoms with E-state index in [4.69, 9.17) is 15.0 Å². The van der Waals surface area contributed by atoms with Crippen molar-refractivity contribution >= 4 is 28.5 Å². The first-order valence-electron chi connectivity index (χ1n) is 11.7. The standard InChI is InChI=1S/C25H25FN6O5/c26-19-6-7-20(37-15-14-36-13-8-29-30-27)22-21(19)18(16-28-22)23(33)25(35)32-11-9-31(10-12-32)24(34)17-4-2-1-3-5-17/h1-7,16,28H,8-15H2. The molecule has 1 aliphatic heterocycles. The van der Waals surface area contributed by atoms with Gasteiger partial charge in [0.2, 0.25) is 0 Å². The van der Waals surface area contributed by atoms with Crippen LogP contribution in [0, 0.1) is 5.82 Å². The van der Waals surface area contributed by atoms with Gasteiger partial charge in [0.15, 0.2) is 0 Å². The maximum Gasteiger partial charge on any atom is 0.295 e. The molecule has 0 bridgehead atoms. The number of carbonyl (C=O) groups excluding carboxylic acids is 3. The van der Waals surface area contributed by atoms with Crippen molar-refractivity contribution in [3.63, 3.8) is 0 Å². The molecule has 37 heavy (non-hydrogen) atoms. The zero-order valence-electron chi connectivity index (χ0n) is 19.9. The number of benzene rings is 2. The largest absolute Gasteiger partial charge is 0.489 e. The Bertz CT molecular complexity index is 1330. The normalized spacial score (nSPS) is 13.3. The third kappa shape index (κ3) is 5.88. The first kappa shape index (κ1) is 25.7. The molecular weight excluding hydrogens is 483 g/mol. The van der Waals surface area contributed by atoms with E-state index in [0.717, 1.165) is 0 Å². The van der Waals surface area contributed by atoms with E-state index in [1.54, 1.807) is 29.2 Å². The SMILES string of the molecule is [N-]=[N+]=NCCOCCOc1ccc(F)c2c(C(=O)C(=O)N3CCN(C(=O)c4ccccc4)CC3)c[nH]c12. The molecule has 0 spiro atoms. The molecule has 11 nitrogen and oxygen atoms in total. The van der Waals surface area contributed by atoms with Gasteiger partial charge in [-0.3, -0.25) is 14.4 Å². The summed E-state index contributed by atoms with van der Waals surface area (Å²) < 4.78 is 25.7. The molecule has 0 aliphatic carbocycles. The zero-order chi connectivity index (χ0) is 26.2. The second-order valence-corrected chi connectivity index (χ2v) is 8.19. The lowest BCUT2D eigenvalue weighted by Crippen LogP contribution is -2.52. The number of nitrogens with zero attached hydrogens (tertiary/aromatic N) is 5. The predicted molar refractivity (Wildman–Crippen MR) is 132 cm³/mol. The van der Waals surface area contributed by atoms with Crippen molar-refractivity contribution in [2.45, 2.75) is 0 Å². The highest BCUT2D eigenvalue weighted by Gasteiger charge is 2.31. The van der Waals surface area contributed by atoms with E-state index in [9.17, 15) is 18.8 Å². The number of ketones is 1. The van der Waals surface area contributed by atoms with E-state index in [1.165, 1.54) is 23.2 Å². The van der Waals surface area contributed by atoms with Gasteiger partial charge in [0.25, 0.3) is 17.6 Å². The van der Waals surface area contributed by atoms with E-state index in [0.29, 0.717) is 11.3 Å². The third-order valence-electron chi connectivity index (χ3n) is 5.94. The number of H-pyrrole nitrogens is 1. The summed E-state index contributed by atoms with van der Waals surface area (Å²) in [5.41, 5.74) is 8.97. The van der Waals surface area contributed by atoms with Gasteiger partial charge in [0, 0.05) is 49.4 Å². The number of rotatable bonds is 10. The van der Waals surface area contributed by atoms with Gasteiger partial charge in [-0.15, -0.1) is 0 Å². The highest BCUT2D eigenvalue weighted by molar-refractivity contribution is 6.45. The van der Waals surface area contributed by atoms with Crippen molar-refractivity contribution in [3.8, 4) is 5.75 Å². The second-order valence-electron chi connectivity index (χ2n) is 8.19. The molecule has 2 heterocycles. The van der Waals surface area contributed by atoms with E-state index in [1.807, 2.05) is 6.07 Å². The summed E-state index contributed by atoms with van der Waals surface area (Å²) in [6.45, 7) is 1.77. The quantitative estimate of drug-likeness (QED) is 0.112. The summed E-state index contributed by atoms with van der Waals surface area (Å²) in [6, 6.07) is 11.4. The Balaban J connectivity index is 1.38.